The molecule has 0 aliphatic carbocycles. The molecule has 20 heavy (non-hydrogen) atoms. The minimum atomic E-state index is -0.147. The highest BCUT2D eigenvalue weighted by Gasteiger charge is 1.98. The summed E-state index contributed by atoms with van der Waals surface area (Å²) < 4.78 is 12.5. The van der Waals surface area contributed by atoms with Gasteiger partial charge in [-0.05, 0) is 47.2 Å². The Labute approximate surface area is 126 Å². The summed E-state index contributed by atoms with van der Waals surface area (Å²) in [6.45, 7) is 8.42. The number of benzene rings is 2. The predicted octanol–water partition coefficient (Wildman–Crippen LogP) is 6.41. The van der Waals surface area contributed by atoms with Crippen molar-refractivity contribution in [3.63, 3.8) is 0 Å². The highest BCUT2D eigenvalue weighted by atomic mass is 35.5. The largest absolute Gasteiger partial charge is 0.207 e. The van der Waals surface area contributed by atoms with Gasteiger partial charge in [0, 0.05) is 5.02 Å². The third kappa shape index (κ3) is 5.75. The van der Waals surface area contributed by atoms with E-state index in [1.54, 1.807) is 12.1 Å². The second-order valence-electron chi connectivity index (χ2n) is 5.42. The van der Waals surface area contributed by atoms with Crippen molar-refractivity contribution in [3.05, 3.63) is 70.5 Å². The average Bonchev–Trinajstić information content (AvgIpc) is 2.39. The molecule has 0 radical (unpaired) electrons. The third-order valence-corrected chi connectivity index (χ3v) is 3.27. The second-order valence-corrected chi connectivity index (χ2v) is 5.86. The molecular formula is C18H22ClF. The minimum Gasteiger partial charge on any atom is -0.207 e. The lowest BCUT2D eigenvalue weighted by Crippen LogP contribution is -1.86. The van der Waals surface area contributed by atoms with Gasteiger partial charge in [0.1, 0.15) is 5.82 Å². The summed E-state index contributed by atoms with van der Waals surface area (Å²) >= 11 is 5.79. The van der Waals surface area contributed by atoms with Crippen LogP contribution in [0.4, 0.5) is 4.39 Å². The molecule has 0 aliphatic heterocycles. The first-order valence-electron chi connectivity index (χ1n) is 6.91. The Kier molecular flexibility index (Phi) is 6.74. The molecule has 2 heteroatoms. The molecule has 0 aliphatic rings. The maximum absolute atomic E-state index is 12.5. The highest BCUT2D eigenvalue weighted by molar-refractivity contribution is 6.30. The van der Waals surface area contributed by atoms with Crippen molar-refractivity contribution < 1.29 is 4.39 Å². The Morgan fingerprint density at radius 3 is 1.65 bits per heavy atom. The minimum absolute atomic E-state index is 0.147. The topological polar surface area (TPSA) is 0 Å². The smallest absolute Gasteiger partial charge is 0.123 e. The standard InChI is InChI=1S/C9H11Cl.C9H11F/c2*1-7(2)8-4-3-5-9(10)6-8/h2*3-7H,1-2H3. The maximum atomic E-state index is 12.5. The molecule has 2 rings (SSSR count). The van der Waals surface area contributed by atoms with Crippen LogP contribution in [-0.2, 0) is 0 Å². The van der Waals surface area contributed by atoms with E-state index >= 15 is 0 Å². The van der Waals surface area contributed by atoms with Gasteiger partial charge in [0.15, 0.2) is 0 Å². The van der Waals surface area contributed by atoms with E-state index < -0.39 is 0 Å². The molecule has 108 valence electrons. The van der Waals surface area contributed by atoms with E-state index in [2.05, 4.69) is 33.8 Å². The van der Waals surface area contributed by atoms with Crippen LogP contribution in [0.2, 0.25) is 5.02 Å². The van der Waals surface area contributed by atoms with Crippen LogP contribution >= 0.6 is 11.6 Å². The Balaban J connectivity index is 0.000000200. The fourth-order valence-corrected chi connectivity index (χ4v) is 1.93. The molecule has 0 saturated carbocycles. The Hall–Kier alpha value is -1.34. The van der Waals surface area contributed by atoms with Crippen LogP contribution in [0.5, 0.6) is 0 Å². The quantitative estimate of drug-likeness (QED) is 0.599. The SMILES string of the molecule is CC(C)c1cccc(Cl)c1.CC(C)c1cccc(F)c1. The van der Waals surface area contributed by atoms with Crippen LogP contribution in [-0.4, -0.2) is 0 Å². The molecule has 0 unspecified atom stereocenters. The first kappa shape index (κ1) is 16.7. The maximum Gasteiger partial charge on any atom is 0.123 e. The molecule has 0 amide bonds. The fraction of sp³-hybridized carbons (Fsp3) is 0.333. The number of halogens is 2. The normalized spacial score (nSPS) is 10.4. The average molecular weight is 293 g/mol. The van der Waals surface area contributed by atoms with Gasteiger partial charge in [-0.2, -0.15) is 0 Å². The van der Waals surface area contributed by atoms with Crippen molar-refractivity contribution in [1.29, 1.82) is 0 Å². The molecule has 0 bridgehead atoms. The number of hydrogen-bond donors (Lipinski definition) is 0. The lowest BCUT2D eigenvalue weighted by Gasteiger charge is -2.03. The second kappa shape index (κ2) is 8.06. The van der Waals surface area contributed by atoms with Crippen molar-refractivity contribution in [2.75, 3.05) is 0 Å². The van der Waals surface area contributed by atoms with E-state index in [1.807, 2.05) is 24.3 Å². The van der Waals surface area contributed by atoms with Gasteiger partial charge in [-0.1, -0.05) is 63.6 Å². The van der Waals surface area contributed by atoms with E-state index in [0.717, 1.165) is 10.6 Å². The van der Waals surface area contributed by atoms with Crippen LogP contribution in [0, 0.1) is 5.82 Å². The van der Waals surface area contributed by atoms with Crippen LogP contribution in [0.15, 0.2) is 48.5 Å². The Bertz CT molecular complexity index is 483. The zero-order chi connectivity index (χ0) is 15.1. The molecule has 0 aromatic heterocycles. The van der Waals surface area contributed by atoms with Crippen molar-refractivity contribution in [3.8, 4) is 0 Å². The summed E-state index contributed by atoms with van der Waals surface area (Å²) in [6, 6.07) is 14.7. The zero-order valence-corrected chi connectivity index (χ0v) is 13.3. The molecule has 0 fully saturated rings. The van der Waals surface area contributed by atoms with E-state index in [-0.39, 0.29) is 5.82 Å². The van der Waals surface area contributed by atoms with Gasteiger partial charge >= 0.3 is 0 Å². The molecule has 0 spiro atoms. The lowest BCUT2D eigenvalue weighted by atomic mass is 10.0. The molecule has 0 saturated heterocycles. The fourth-order valence-electron chi connectivity index (χ4n) is 1.73. The number of rotatable bonds is 2. The molecular weight excluding hydrogens is 271 g/mol. The summed E-state index contributed by atoms with van der Waals surface area (Å²) in [5.74, 6) is 0.834. The van der Waals surface area contributed by atoms with Crippen LogP contribution < -0.4 is 0 Å². The summed E-state index contributed by atoms with van der Waals surface area (Å²) in [7, 11) is 0. The van der Waals surface area contributed by atoms with Gasteiger partial charge in [0.25, 0.3) is 0 Å². The van der Waals surface area contributed by atoms with Crippen molar-refractivity contribution in [1.82, 2.24) is 0 Å². The van der Waals surface area contributed by atoms with E-state index in [4.69, 9.17) is 11.6 Å². The van der Waals surface area contributed by atoms with Gasteiger partial charge in [0.05, 0.1) is 0 Å². The Morgan fingerprint density at radius 2 is 1.30 bits per heavy atom. The molecule has 0 atom stereocenters. The first-order chi connectivity index (χ1) is 9.40. The van der Waals surface area contributed by atoms with Gasteiger partial charge in [-0.25, -0.2) is 4.39 Å². The number of hydrogen-bond acceptors (Lipinski definition) is 0. The van der Waals surface area contributed by atoms with Gasteiger partial charge < -0.3 is 0 Å². The van der Waals surface area contributed by atoms with Crippen molar-refractivity contribution in [2.45, 2.75) is 39.5 Å². The predicted molar refractivity (Wildman–Crippen MR) is 86.0 cm³/mol. The van der Waals surface area contributed by atoms with Gasteiger partial charge in [0.2, 0.25) is 0 Å². The van der Waals surface area contributed by atoms with Gasteiger partial charge in [-0.3, -0.25) is 0 Å². The monoisotopic (exact) mass is 292 g/mol. The highest BCUT2D eigenvalue weighted by Crippen LogP contribution is 2.18. The zero-order valence-electron chi connectivity index (χ0n) is 12.5. The van der Waals surface area contributed by atoms with E-state index in [1.165, 1.54) is 11.6 Å². The van der Waals surface area contributed by atoms with Crippen molar-refractivity contribution in [2.24, 2.45) is 0 Å². The van der Waals surface area contributed by atoms with Gasteiger partial charge in [-0.15, -0.1) is 0 Å². The summed E-state index contributed by atoms with van der Waals surface area (Å²) in [6.07, 6.45) is 0. The van der Waals surface area contributed by atoms with E-state index in [9.17, 15) is 4.39 Å². The summed E-state index contributed by atoms with van der Waals surface area (Å²) in [5.41, 5.74) is 2.35. The summed E-state index contributed by atoms with van der Waals surface area (Å²) in [5, 5.41) is 0.825. The van der Waals surface area contributed by atoms with Crippen LogP contribution in [0.1, 0.15) is 50.7 Å². The third-order valence-electron chi connectivity index (χ3n) is 3.03. The first-order valence-corrected chi connectivity index (χ1v) is 7.29. The molecule has 0 nitrogen and oxygen atoms in total. The molecule has 0 heterocycles. The molecule has 0 N–H and O–H groups in total. The van der Waals surface area contributed by atoms with E-state index in [0.29, 0.717) is 11.8 Å². The van der Waals surface area contributed by atoms with Crippen molar-refractivity contribution >= 4 is 11.6 Å². The Morgan fingerprint density at radius 1 is 0.800 bits per heavy atom. The lowest BCUT2D eigenvalue weighted by molar-refractivity contribution is 0.623. The molecule has 2 aromatic rings. The molecule has 2 aromatic carbocycles. The van der Waals surface area contributed by atoms with Crippen LogP contribution in [0.3, 0.4) is 0 Å². The van der Waals surface area contributed by atoms with Crippen LogP contribution in [0.25, 0.3) is 0 Å². The summed E-state index contributed by atoms with van der Waals surface area (Å²) in [4.78, 5) is 0.